The average molecular weight is 456 g/mol. The van der Waals surface area contributed by atoms with E-state index in [0.29, 0.717) is 4.47 Å². The van der Waals surface area contributed by atoms with E-state index in [0.717, 1.165) is 10.2 Å². The third-order valence-electron chi connectivity index (χ3n) is 3.82. The molecule has 0 spiro atoms. The van der Waals surface area contributed by atoms with Gasteiger partial charge in [-0.25, -0.2) is 4.39 Å². The lowest BCUT2D eigenvalue weighted by molar-refractivity contribution is -0.122. The minimum absolute atomic E-state index is 0.109. The van der Waals surface area contributed by atoms with Crippen LogP contribution in [-0.4, -0.2) is 18.4 Å². The molecule has 1 aliphatic heterocycles. The van der Waals surface area contributed by atoms with Crippen LogP contribution in [0, 0.1) is 11.7 Å². The summed E-state index contributed by atoms with van der Waals surface area (Å²) in [4.78, 5) is 26.1. The van der Waals surface area contributed by atoms with Crippen molar-refractivity contribution in [3.63, 3.8) is 0 Å². The number of carbonyl (C=O) groups is 2. The van der Waals surface area contributed by atoms with Crippen LogP contribution in [0.1, 0.15) is 6.42 Å². The molecule has 0 aliphatic carbocycles. The molecule has 7 heteroatoms. The summed E-state index contributed by atoms with van der Waals surface area (Å²) in [5.74, 6) is -1.51. The first-order valence-electron chi connectivity index (χ1n) is 7.26. The Labute approximate surface area is 155 Å². The Balaban J connectivity index is 1.70. The van der Waals surface area contributed by atoms with E-state index < -0.39 is 11.7 Å². The molecule has 24 heavy (non-hydrogen) atoms. The van der Waals surface area contributed by atoms with Gasteiger partial charge in [0.25, 0.3) is 0 Å². The van der Waals surface area contributed by atoms with Gasteiger partial charge >= 0.3 is 0 Å². The molecule has 1 atom stereocenters. The summed E-state index contributed by atoms with van der Waals surface area (Å²) in [7, 11) is 0. The van der Waals surface area contributed by atoms with E-state index in [1.165, 1.54) is 12.1 Å². The van der Waals surface area contributed by atoms with Crippen LogP contribution in [0.15, 0.2) is 51.4 Å². The Hall–Kier alpha value is -1.73. The first-order chi connectivity index (χ1) is 11.4. The van der Waals surface area contributed by atoms with Gasteiger partial charge in [-0.05, 0) is 42.5 Å². The molecule has 0 bridgehead atoms. The summed E-state index contributed by atoms with van der Waals surface area (Å²) in [5.41, 5.74) is 0.853. The van der Waals surface area contributed by atoms with Crippen LogP contribution < -0.4 is 10.2 Å². The van der Waals surface area contributed by atoms with Crippen LogP contribution in [0.2, 0.25) is 0 Å². The monoisotopic (exact) mass is 454 g/mol. The normalized spacial score (nSPS) is 17.2. The van der Waals surface area contributed by atoms with Crippen molar-refractivity contribution in [2.75, 3.05) is 16.8 Å². The maximum absolute atomic E-state index is 13.8. The van der Waals surface area contributed by atoms with Crippen LogP contribution in [0.25, 0.3) is 0 Å². The van der Waals surface area contributed by atoms with Gasteiger partial charge in [0.15, 0.2) is 0 Å². The largest absolute Gasteiger partial charge is 0.323 e. The fourth-order valence-electron chi connectivity index (χ4n) is 2.58. The third-order valence-corrected chi connectivity index (χ3v) is 4.85. The molecule has 1 aliphatic rings. The number of benzene rings is 2. The van der Waals surface area contributed by atoms with Gasteiger partial charge in [0.1, 0.15) is 5.82 Å². The molecule has 1 N–H and O–H groups in total. The van der Waals surface area contributed by atoms with Crippen molar-refractivity contribution < 1.29 is 14.0 Å². The number of anilines is 2. The van der Waals surface area contributed by atoms with E-state index in [1.54, 1.807) is 11.0 Å². The number of hydrogen-bond donors (Lipinski definition) is 1. The molecule has 0 saturated carbocycles. The van der Waals surface area contributed by atoms with Crippen molar-refractivity contribution in [1.29, 1.82) is 0 Å². The number of nitrogens with one attached hydrogen (secondary N) is 1. The Kier molecular flexibility index (Phi) is 5.01. The number of nitrogens with zero attached hydrogens (tertiary/aromatic N) is 1. The van der Waals surface area contributed by atoms with Crippen molar-refractivity contribution in [1.82, 2.24) is 0 Å². The minimum atomic E-state index is -0.521. The molecular formula is C17H13Br2FN2O2. The lowest BCUT2D eigenvalue weighted by Gasteiger charge is -2.17. The number of amides is 2. The van der Waals surface area contributed by atoms with Gasteiger partial charge in [0.2, 0.25) is 11.8 Å². The topological polar surface area (TPSA) is 49.4 Å². The fourth-order valence-corrected chi connectivity index (χ4v) is 3.18. The highest BCUT2D eigenvalue weighted by Crippen LogP contribution is 2.28. The quantitative estimate of drug-likeness (QED) is 0.748. The summed E-state index contributed by atoms with van der Waals surface area (Å²) < 4.78 is 15.3. The molecule has 0 unspecified atom stereocenters. The Morgan fingerprint density at radius 1 is 1.12 bits per heavy atom. The zero-order chi connectivity index (χ0) is 17.3. The first kappa shape index (κ1) is 17.1. The summed E-state index contributed by atoms with van der Waals surface area (Å²) in [5, 5.41) is 2.56. The molecule has 124 valence electrons. The van der Waals surface area contributed by atoms with Crippen molar-refractivity contribution >= 4 is 55.0 Å². The van der Waals surface area contributed by atoms with Gasteiger partial charge in [-0.3, -0.25) is 9.59 Å². The third kappa shape index (κ3) is 3.67. The number of carbonyl (C=O) groups excluding carboxylic acids is 2. The van der Waals surface area contributed by atoms with Gasteiger partial charge < -0.3 is 10.2 Å². The number of rotatable bonds is 3. The van der Waals surface area contributed by atoms with Gasteiger partial charge in [-0.1, -0.05) is 31.9 Å². The Morgan fingerprint density at radius 3 is 2.46 bits per heavy atom. The van der Waals surface area contributed by atoms with E-state index in [2.05, 4.69) is 37.2 Å². The predicted molar refractivity (Wildman–Crippen MR) is 97.3 cm³/mol. The first-order valence-corrected chi connectivity index (χ1v) is 8.84. The maximum Gasteiger partial charge on any atom is 0.229 e. The Morgan fingerprint density at radius 2 is 1.79 bits per heavy atom. The molecule has 4 nitrogen and oxygen atoms in total. The molecule has 1 saturated heterocycles. The van der Waals surface area contributed by atoms with Gasteiger partial charge in [0.05, 0.1) is 11.6 Å². The summed E-state index contributed by atoms with van der Waals surface area (Å²) in [6.45, 7) is 0.282. The molecule has 2 amide bonds. The molecule has 0 aromatic heterocycles. The second-order valence-corrected chi connectivity index (χ2v) is 7.33. The maximum atomic E-state index is 13.8. The van der Waals surface area contributed by atoms with Crippen LogP contribution in [0.4, 0.5) is 15.8 Å². The summed E-state index contributed by atoms with van der Waals surface area (Å²) in [6.07, 6.45) is 0.111. The minimum Gasteiger partial charge on any atom is -0.323 e. The highest BCUT2D eigenvalue weighted by molar-refractivity contribution is 9.10. The van der Waals surface area contributed by atoms with Gasteiger partial charge in [0, 0.05) is 27.6 Å². The highest BCUT2D eigenvalue weighted by Gasteiger charge is 2.35. The van der Waals surface area contributed by atoms with Crippen molar-refractivity contribution in [2.24, 2.45) is 5.92 Å². The number of hydrogen-bond acceptors (Lipinski definition) is 2. The van der Waals surface area contributed by atoms with E-state index in [1.807, 2.05) is 24.3 Å². The van der Waals surface area contributed by atoms with Crippen LogP contribution in [-0.2, 0) is 9.59 Å². The lowest BCUT2D eigenvalue weighted by atomic mass is 10.1. The predicted octanol–water partition coefficient (Wildman–Crippen LogP) is 4.34. The fraction of sp³-hybridized carbons (Fsp3) is 0.176. The smallest absolute Gasteiger partial charge is 0.229 e. The molecular weight excluding hydrogens is 443 g/mol. The number of halogens is 3. The average Bonchev–Trinajstić information content (AvgIpc) is 2.93. The van der Waals surface area contributed by atoms with Crippen molar-refractivity contribution in [3.8, 4) is 0 Å². The van der Waals surface area contributed by atoms with Crippen molar-refractivity contribution in [3.05, 3.63) is 57.2 Å². The Bertz CT molecular complexity index is 796. The zero-order valence-electron chi connectivity index (χ0n) is 12.4. The standard InChI is InChI=1S/C17H13Br2FN2O2/c18-11-1-4-13(5-2-11)22-9-10(7-16(22)23)17(24)21-15-6-3-12(19)8-14(15)20/h1-6,8,10H,7,9H2,(H,21,24)/t10-/m1/s1. The van der Waals surface area contributed by atoms with E-state index in [4.69, 9.17) is 0 Å². The van der Waals surface area contributed by atoms with Crippen LogP contribution in [0.5, 0.6) is 0 Å². The van der Waals surface area contributed by atoms with Crippen LogP contribution >= 0.6 is 31.9 Å². The lowest BCUT2D eigenvalue weighted by Crippen LogP contribution is -2.28. The van der Waals surface area contributed by atoms with E-state index >= 15 is 0 Å². The van der Waals surface area contributed by atoms with Crippen LogP contribution in [0.3, 0.4) is 0 Å². The second-order valence-electron chi connectivity index (χ2n) is 5.50. The summed E-state index contributed by atoms with van der Waals surface area (Å²) in [6, 6.07) is 11.7. The highest BCUT2D eigenvalue weighted by atomic mass is 79.9. The molecule has 2 aromatic carbocycles. The zero-order valence-corrected chi connectivity index (χ0v) is 15.6. The molecule has 3 rings (SSSR count). The molecule has 2 aromatic rings. The molecule has 0 radical (unpaired) electrons. The van der Waals surface area contributed by atoms with Gasteiger partial charge in [-0.15, -0.1) is 0 Å². The summed E-state index contributed by atoms with van der Waals surface area (Å²) >= 11 is 6.51. The SMILES string of the molecule is O=C(Nc1ccc(Br)cc1F)[C@@H]1CC(=O)N(c2ccc(Br)cc2)C1. The second kappa shape index (κ2) is 7.03. The molecule has 1 fully saturated rings. The van der Waals surface area contributed by atoms with E-state index in [-0.39, 0.29) is 30.5 Å². The van der Waals surface area contributed by atoms with Crippen molar-refractivity contribution in [2.45, 2.75) is 6.42 Å². The van der Waals surface area contributed by atoms with Gasteiger partial charge in [-0.2, -0.15) is 0 Å². The van der Waals surface area contributed by atoms with E-state index in [9.17, 15) is 14.0 Å². The molecule has 1 heterocycles.